The molecule has 0 radical (unpaired) electrons. The predicted molar refractivity (Wildman–Crippen MR) is 116 cm³/mol. The number of amides is 2. The van der Waals surface area contributed by atoms with Crippen LogP contribution in [-0.2, 0) is 9.59 Å². The highest BCUT2D eigenvalue weighted by Crippen LogP contribution is 2.19. The van der Waals surface area contributed by atoms with E-state index >= 15 is 0 Å². The highest BCUT2D eigenvalue weighted by Gasteiger charge is 2.24. The van der Waals surface area contributed by atoms with Gasteiger partial charge in [-0.1, -0.05) is 35.4 Å². The second kappa shape index (κ2) is 10.1. The molecular formula is C24H30N2O4. The number of aryl methyl sites for hydroxylation is 3. The van der Waals surface area contributed by atoms with Gasteiger partial charge in [-0.05, 0) is 57.4 Å². The van der Waals surface area contributed by atoms with Crippen LogP contribution in [0.2, 0.25) is 0 Å². The molecule has 30 heavy (non-hydrogen) atoms. The second-order valence-corrected chi connectivity index (χ2v) is 7.88. The van der Waals surface area contributed by atoms with Crippen LogP contribution in [0, 0.1) is 20.8 Å². The minimum absolute atomic E-state index is 0.00799. The third-order valence-electron chi connectivity index (χ3n) is 5.29. The van der Waals surface area contributed by atoms with E-state index in [9.17, 15) is 9.59 Å². The molecule has 1 saturated heterocycles. The van der Waals surface area contributed by atoms with Gasteiger partial charge in [0.2, 0.25) is 0 Å². The van der Waals surface area contributed by atoms with Crippen molar-refractivity contribution >= 4 is 11.8 Å². The summed E-state index contributed by atoms with van der Waals surface area (Å²) in [5.41, 5.74) is 3.34. The molecule has 2 aromatic carbocycles. The molecule has 6 nitrogen and oxygen atoms in total. The SMILES string of the molecule is Cc1ccc(OCC(=O)NC2CCN(C(=O)COc3ccc(C)cc3C)CC2)cc1. The fraction of sp³-hybridized carbons (Fsp3) is 0.417. The summed E-state index contributed by atoms with van der Waals surface area (Å²) in [6.45, 7) is 7.25. The van der Waals surface area contributed by atoms with Crippen molar-refractivity contribution in [3.63, 3.8) is 0 Å². The largest absolute Gasteiger partial charge is 0.484 e. The summed E-state index contributed by atoms with van der Waals surface area (Å²) in [4.78, 5) is 26.4. The van der Waals surface area contributed by atoms with Crippen molar-refractivity contribution in [2.24, 2.45) is 0 Å². The van der Waals surface area contributed by atoms with Crippen LogP contribution in [0.1, 0.15) is 29.5 Å². The lowest BCUT2D eigenvalue weighted by atomic mass is 10.1. The van der Waals surface area contributed by atoms with Crippen LogP contribution in [0.5, 0.6) is 11.5 Å². The zero-order chi connectivity index (χ0) is 21.5. The summed E-state index contributed by atoms with van der Waals surface area (Å²) in [6.07, 6.45) is 1.46. The smallest absolute Gasteiger partial charge is 0.260 e. The van der Waals surface area contributed by atoms with Crippen LogP contribution in [0.25, 0.3) is 0 Å². The Morgan fingerprint density at radius 2 is 1.60 bits per heavy atom. The van der Waals surface area contributed by atoms with Crippen LogP contribution < -0.4 is 14.8 Å². The number of carbonyl (C=O) groups excluding carboxylic acids is 2. The fourth-order valence-corrected chi connectivity index (χ4v) is 3.52. The highest BCUT2D eigenvalue weighted by atomic mass is 16.5. The van der Waals surface area contributed by atoms with E-state index in [2.05, 4.69) is 5.32 Å². The van der Waals surface area contributed by atoms with Crippen LogP contribution in [0.15, 0.2) is 42.5 Å². The van der Waals surface area contributed by atoms with Gasteiger partial charge in [-0.3, -0.25) is 9.59 Å². The molecule has 0 bridgehead atoms. The summed E-state index contributed by atoms with van der Waals surface area (Å²) in [7, 11) is 0. The molecule has 0 spiro atoms. The van der Waals surface area contributed by atoms with Crippen molar-refractivity contribution in [3.8, 4) is 11.5 Å². The topological polar surface area (TPSA) is 67.9 Å². The first-order valence-electron chi connectivity index (χ1n) is 10.4. The third-order valence-corrected chi connectivity index (χ3v) is 5.29. The Hall–Kier alpha value is -3.02. The molecule has 2 aromatic rings. The van der Waals surface area contributed by atoms with Gasteiger partial charge in [0.25, 0.3) is 11.8 Å². The van der Waals surface area contributed by atoms with Gasteiger partial charge in [-0.25, -0.2) is 0 Å². The maximum atomic E-state index is 12.5. The molecule has 1 aliphatic heterocycles. The lowest BCUT2D eigenvalue weighted by Gasteiger charge is -2.32. The van der Waals surface area contributed by atoms with Crippen molar-refractivity contribution in [2.45, 2.75) is 39.7 Å². The Morgan fingerprint density at radius 3 is 2.27 bits per heavy atom. The summed E-state index contributed by atoms with van der Waals surface area (Å²) in [5, 5.41) is 3.00. The van der Waals surface area contributed by atoms with Gasteiger partial charge < -0.3 is 19.7 Å². The van der Waals surface area contributed by atoms with E-state index in [4.69, 9.17) is 9.47 Å². The number of benzene rings is 2. The lowest BCUT2D eigenvalue weighted by Crippen LogP contribution is -2.48. The molecule has 160 valence electrons. The van der Waals surface area contributed by atoms with Gasteiger partial charge in [0.1, 0.15) is 11.5 Å². The predicted octanol–water partition coefficient (Wildman–Crippen LogP) is 3.18. The van der Waals surface area contributed by atoms with Crippen LogP contribution >= 0.6 is 0 Å². The lowest BCUT2D eigenvalue weighted by molar-refractivity contribution is -0.134. The number of hydrogen-bond acceptors (Lipinski definition) is 4. The second-order valence-electron chi connectivity index (χ2n) is 7.88. The standard InChI is InChI=1S/C24H30N2O4/c1-17-4-7-21(8-5-17)29-15-23(27)25-20-10-12-26(13-11-20)24(28)16-30-22-9-6-18(2)14-19(22)3/h4-9,14,20H,10-13,15-16H2,1-3H3,(H,25,27). The molecule has 1 aliphatic rings. The quantitative estimate of drug-likeness (QED) is 0.761. The van der Waals surface area contributed by atoms with Gasteiger partial charge in [0.05, 0.1) is 0 Å². The number of ether oxygens (including phenoxy) is 2. The molecule has 1 N–H and O–H groups in total. The fourth-order valence-electron chi connectivity index (χ4n) is 3.52. The zero-order valence-electron chi connectivity index (χ0n) is 17.9. The molecular weight excluding hydrogens is 380 g/mol. The first-order valence-corrected chi connectivity index (χ1v) is 10.4. The Bertz CT molecular complexity index is 871. The van der Waals surface area contributed by atoms with Crippen LogP contribution in [0.4, 0.5) is 0 Å². The van der Waals surface area contributed by atoms with E-state index in [1.807, 2.05) is 63.2 Å². The van der Waals surface area contributed by atoms with Gasteiger partial charge in [-0.15, -0.1) is 0 Å². The first-order chi connectivity index (χ1) is 14.4. The Kier molecular flexibility index (Phi) is 7.33. The Labute approximate surface area is 178 Å². The minimum Gasteiger partial charge on any atom is -0.484 e. The Morgan fingerprint density at radius 1 is 0.933 bits per heavy atom. The van der Waals surface area contributed by atoms with E-state index in [-0.39, 0.29) is 31.1 Å². The van der Waals surface area contributed by atoms with Gasteiger partial charge in [0.15, 0.2) is 13.2 Å². The summed E-state index contributed by atoms with van der Waals surface area (Å²) in [6, 6.07) is 13.6. The zero-order valence-corrected chi connectivity index (χ0v) is 17.9. The molecule has 1 fully saturated rings. The maximum Gasteiger partial charge on any atom is 0.260 e. The van der Waals surface area contributed by atoms with Gasteiger partial charge in [0, 0.05) is 19.1 Å². The monoisotopic (exact) mass is 410 g/mol. The van der Waals surface area contributed by atoms with E-state index in [0.29, 0.717) is 18.8 Å². The molecule has 2 amide bonds. The van der Waals surface area contributed by atoms with Gasteiger partial charge in [-0.2, -0.15) is 0 Å². The number of piperidine rings is 1. The molecule has 1 heterocycles. The number of likely N-dealkylation sites (tertiary alicyclic amines) is 1. The maximum absolute atomic E-state index is 12.5. The van der Waals surface area contributed by atoms with E-state index in [0.717, 1.165) is 29.7 Å². The van der Waals surface area contributed by atoms with Crippen LogP contribution in [0.3, 0.4) is 0 Å². The van der Waals surface area contributed by atoms with Crippen molar-refractivity contribution in [3.05, 3.63) is 59.2 Å². The summed E-state index contributed by atoms with van der Waals surface area (Å²) < 4.78 is 11.2. The van der Waals surface area contributed by atoms with E-state index in [1.165, 1.54) is 5.56 Å². The molecule has 0 unspecified atom stereocenters. The Balaban J connectivity index is 1.36. The molecule has 0 atom stereocenters. The number of nitrogens with one attached hydrogen (secondary N) is 1. The minimum atomic E-state index is -0.140. The molecule has 0 aromatic heterocycles. The van der Waals surface area contributed by atoms with Crippen molar-refractivity contribution in [2.75, 3.05) is 26.3 Å². The van der Waals surface area contributed by atoms with Crippen molar-refractivity contribution in [1.29, 1.82) is 0 Å². The number of carbonyl (C=O) groups is 2. The molecule has 0 aliphatic carbocycles. The molecule has 3 rings (SSSR count). The highest BCUT2D eigenvalue weighted by molar-refractivity contribution is 5.79. The third kappa shape index (κ3) is 6.24. The van der Waals surface area contributed by atoms with Crippen molar-refractivity contribution in [1.82, 2.24) is 10.2 Å². The van der Waals surface area contributed by atoms with Gasteiger partial charge >= 0.3 is 0 Å². The number of rotatable bonds is 7. The molecule has 6 heteroatoms. The normalized spacial score (nSPS) is 14.3. The van der Waals surface area contributed by atoms with Crippen molar-refractivity contribution < 1.29 is 19.1 Å². The summed E-state index contributed by atoms with van der Waals surface area (Å²) >= 11 is 0. The van der Waals surface area contributed by atoms with E-state index < -0.39 is 0 Å². The molecule has 0 saturated carbocycles. The van der Waals surface area contributed by atoms with E-state index in [1.54, 1.807) is 4.90 Å². The first kappa shape index (κ1) is 21.7. The average molecular weight is 411 g/mol. The number of hydrogen-bond donors (Lipinski definition) is 1. The number of nitrogens with zero attached hydrogens (tertiary/aromatic N) is 1. The van der Waals surface area contributed by atoms with Crippen LogP contribution in [-0.4, -0.2) is 49.1 Å². The summed E-state index contributed by atoms with van der Waals surface area (Å²) in [5.74, 6) is 1.26. The average Bonchev–Trinajstić information content (AvgIpc) is 2.73.